The minimum Gasteiger partial charge on any atom is -0.454 e. The molecule has 0 bridgehead atoms. The zero-order valence-corrected chi connectivity index (χ0v) is 13.6. The van der Waals surface area contributed by atoms with Crippen molar-refractivity contribution in [2.45, 2.75) is 18.9 Å². The van der Waals surface area contributed by atoms with Crippen LogP contribution in [0.15, 0.2) is 42.5 Å². The van der Waals surface area contributed by atoms with Crippen molar-refractivity contribution >= 4 is 11.8 Å². The zero-order valence-electron chi connectivity index (χ0n) is 13.6. The summed E-state index contributed by atoms with van der Waals surface area (Å²) < 4.78 is 10.7. The molecule has 1 atom stereocenters. The van der Waals surface area contributed by atoms with Crippen LogP contribution in [0.25, 0.3) is 11.1 Å². The van der Waals surface area contributed by atoms with Gasteiger partial charge in [0, 0.05) is 12.1 Å². The topological polar surface area (TPSA) is 76.7 Å². The van der Waals surface area contributed by atoms with E-state index in [4.69, 9.17) is 9.47 Å². The molecule has 2 amide bonds. The third kappa shape index (κ3) is 3.15. The van der Waals surface area contributed by atoms with Crippen molar-refractivity contribution in [3.05, 3.63) is 48.0 Å². The number of benzene rings is 2. The Morgan fingerprint density at radius 1 is 1.08 bits per heavy atom. The quantitative estimate of drug-likeness (QED) is 0.898. The van der Waals surface area contributed by atoms with Crippen LogP contribution in [0.3, 0.4) is 0 Å². The van der Waals surface area contributed by atoms with E-state index in [1.807, 2.05) is 36.4 Å². The number of fused-ring (bicyclic) bond motifs is 1. The summed E-state index contributed by atoms with van der Waals surface area (Å²) in [6, 6.07) is 12.5. The van der Waals surface area contributed by atoms with Crippen LogP contribution >= 0.6 is 0 Å². The minimum atomic E-state index is -0.463. The summed E-state index contributed by atoms with van der Waals surface area (Å²) in [7, 11) is 0. The first-order valence-corrected chi connectivity index (χ1v) is 8.29. The Morgan fingerprint density at radius 3 is 2.80 bits per heavy atom. The molecule has 2 aliphatic rings. The smallest absolute Gasteiger partial charge is 0.251 e. The highest BCUT2D eigenvalue weighted by atomic mass is 16.7. The van der Waals surface area contributed by atoms with E-state index >= 15 is 0 Å². The van der Waals surface area contributed by atoms with Gasteiger partial charge < -0.3 is 20.1 Å². The normalized spacial score (nSPS) is 18.6. The Balaban J connectivity index is 1.54. The van der Waals surface area contributed by atoms with Crippen molar-refractivity contribution < 1.29 is 19.1 Å². The lowest BCUT2D eigenvalue weighted by atomic mass is 10.0. The largest absolute Gasteiger partial charge is 0.454 e. The molecule has 2 aliphatic heterocycles. The molecule has 4 rings (SSSR count). The minimum absolute atomic E-state index is 0.119. The third-order valence-electron chi connectivity index (χ3n) is 4.42. The van der Waals surface area contributed by atoms with Crippen molar-refractivity contribution in [2.75, 3.05) is 13.3 Å². The summed E-state index contributed by atoms with van der Waals surface area (Å²) in [6.07, 6.45) is 1.54. The van der Waals surface area contributed by atoms with Gasteiger partial charge in [0.05, 0.1) is 0 Å². The van der Waals surface area contributed by atoms with Crippen molar-refractivity contribution in [3.63, 3.8) is 0 Å². The van der Waals surface area contributed by atoms with E-state index in [0.717, 1.165) is 23.3 Å². The number of piperidine rings is 1. The van der Waals surface area contributed by atoms with E-state index in [0.29, 0.717) is 24.3 Å². The molecule has 6 heteroatoms. The lowest BCUT2D eigenvalue weighted by Gasteiger charge is -2.22. The molecule has 2 aromatic rings. The molecule has 0 aromatic heterocycles. The summed E-state index contributed by atoms with van der Waals surface area (Å²) in [5, 5.41) is 5.58. The lowest BCUT2D eigenvalue weighted by Crippen LogP contribution is -2.50. The second-order valence-electron chi connectivity index (χ2n) is 6.11. The van der Waals surface area contributed by atoms with Gasteiger partial charge in [-0.3, -0.25) is 9.59 Å². The summed E-state index contributed by atoms with van der Waals surface area (Å²) in [5.74, 6) is 1.06. The molecule has 0 radical (unpaired) electrons. The van der Waals surface area contributed by atoms with Crippen molar-refractivity contribution in [2.24, 2.45) is 0 Å². The summed E-state index contributed by atoms with van der Waals surface area (Å²) in [6.45, 7) is 0.898. The van der Waals surface area contributed by atoms with Gasteiger partial charge in [0.1, 0.15) is 6.04 Å². The second-order valence-corrected chi connectivity index (χ2v) is 6.11. The van der Waals surface area contributed by atoms with Crippen LogP contribution in [0.5, 0.6) is 11.5 Å². The Labute approximate surface area is 145 Å². The van der Waals surface area contributed by atoms with Crippen molar-refractivity contribution in [1.29, 1.82) is 0 Å². The fourth-order valence-electron chi connectivity index (χ4n) is 3.07. The van der Waals surface area contributed by atoms with E-state index < -0.39 is 6.04 Å². The van der Waals surface area contributed by atoms with Crippen LogP contribution in [-0.4, -0.2) is 31.2 Å². The van der Waals surface area contributed by atoms with Gasteiger partial charge in [-0.05, 0) is 48.2 Å². The van der Waals surface area contributed by atoms with Crippen LogP contribution in [0, 0.1) is 0 Å². The van der Waals surface area contributed by atoms with E-state index in [2.05, 4.69) is 10.6 Å². The molecule has 1 fully saturated rings. The molecule has 2 heterocycles. The maximum absolute atomic E-state index is 12.5. The molecule has 0 spiro atoms. The van der Waals surface area contributed by atoms with Gasteiger partial charge in [-0.2, -0.15) is 0 Å². The van der Waals surface area contributed by atoms with Gasteiger partial charge in [-0.1, -0.05) is 18.2 Å². The monoisotopic (exact) mass is 338 g/mol. The molecule has 25 heavy (non-hydrogen) atoms. The SMILES string of the molecule is O=C(NC1CCCNC1=O)c1cccc(-c2ccc3c(c2)OCO3)c1. The van der Waals surface area contributed by atoms with Crippen LogP contribution in [0.1, 0.15) is 23.2 Å². The standard InChI is InChI=1S/C19H18N2O4/c22-18(21-15-5-2-8-20-19(15)23)14-4-1-3-12(9-14)13-6-7-16-17(10-13)25-11-24-16/h1,3-4,6-7,9-10,15H,2,5,8,11H2,(H,20,23)(H,21,22). The molecular weight excluding hydrogens is 320 g/mol. The van der Waals surface area contributed by atoms with Crippen LogP contribution in [0.4, 0.5) is 0 Å². The Kier molecular flexibility index (Phi) is 4.01. The molecule has 2 N–H and O–H groups in total. The number of ether oxygens (including phenoxy) is 2. The molecule has 2 aromatic carbocycles. The van der Waals surface area contributed by atoms with Gasteiger partial charge in [-0.25, -0.2) is 0 Å². The highest BCUT2D eigenvalue weighted by Crippen LogP contribution is 2.36. The van der Waals surface area contributed by atoms with Gasteiger partial charge in [-0.15, -0.1) is 0 Å². The number of nitrogens with one attached hydrogen (secondary N) is 2. The molecular formula is C19H18N2O4. The van der Waals surface area contributed by atoms with Gasteiger partial charge in [0.2, 0.25) is 12.7 Å². The highest BCUT2D eigenvalue weighted by Gasteiger charge is 2.24. The summed E-state index contributed by atoms with van der Waals surface area (Å²) >= 11 is 0. The predicted molar refractivity (Wildman–Crippen MR) is 91.5 cm³/mol. The van der Waals surface area contributed by atoms with Crippen LogP contribution in [-0.2, 0) is 4.79 Å². The van der Waals surface area contributed by atoms with Crippen LogP contribution in [0.2, 0.25) is 0 Å². The van der Waals surface area contributed by atoms with E-state index in [-0.39, 0.29) is 18.6 Å². The van der Waals surface area contributed by atoms with E-state index in [9.17, 15) is 9.59 Å². The first-order valence-electron chi connectivity index (χ1n) is 8.29. The molecule has 1 unspecified atom stereocenters. The van der Waals surface area contributed by atoms with Gasteiger partial charge in [0.15, 0.2) is 11.5 Å². The van der Waals surface area contributed by atoms with Gasteiger partial charge in [0.25, 0.3) is 5.91 Å². The Bertz CT molecular complexity index is 834. The fraction of sp³-hybridized carbons (Fsp3) is 0.263. The van der Waals surface area contributed by atoms with Crippen molar-refractivity contribution in [1.82, 2.24) is 10.6 Å². The molecule has 0 saturated carbocycles. The number of hydrogen-bond donors (Lipinski definition) is 2. The average Bonchev–Trinajstić information content (AvgIpc) is 3.11. The predicted octanol–water partition coefficient (Wildman–Crippen LogP) is 2.09. The fourth-order valence-corrected chi connectivity index (χ4v) is 3.07. The summed E-state index contributed by atoms with van der Waals surface area (Å²) in [5.41, 5.74) is 2.36. The molecule has 6 nitrogen and oxygen atoms in total. The maximum Gasteiger partial charge on any atom is 0.251 e. The first kappa shape index (κ1) is 15.5. The number of rotatable bonds is 3. The van der Waals surface area contributed by atoms with Crippen molar-refractivity contribution in [3.8, 4) is 22.6 Å². The zero-order chi connectivity index (χ0) is 17.2. The third-order valence-corrected chi connectivity index (χ3v) is 4.42. The Morgan fingerprint density at radius 2 is 1.92 bits per heavy atom. The molecule has 128 valence electrons. The molecule has 1 saturated heterocycles. The number of amides is 2. The van der Waals surface area contributed by atoms with E-state index in [1.165, 1.54) is 0 Å². The second kappa shape index (κ2) is 6.47. The number of hydrogen-bond acceptors (Lipinski definition) is 4. The molecule has 0 aliphatic carbocycles. The lowest BCUT2D eigenvalue weighted by molar-refractivity contribution is -0.124. The first-order chi connectivity index (χ1) is 12.2. The number of carbonyl (C=O) groups excluding carboxylic acids is 2. The Hall–Kier alpha value is -3.02. The average molecular weight is 338 g/mol. The number of carbonyl (C=O) groups is 2. The maximum atomic E-state index is 12.5. The summed E-state index contributed by atoms with van der Waals surface area (Å²) in [4.78, 5) is 24.3. The highest BCUT2D eigenvalue weighted by molar-refractivity contribution is 5.98. The van der Waals surface area contributed by atoms with Crippen LogP contribution < -0.4 is 20.1 Å². The van der Waals surface area contributed by atoms with Gasteiger partial charge >= 0.3 is 0 Å². The van der Waals surface area contributed by atoms with E-state index in [1.54, 1.807) is 6.07 Å².